The lowest BCUT2D eigenvalue weighted by molar-refractivity contribution is 0.248. The predicted octanol–water partition coefficient (Wildman–Crippen LogP) is 2.77. The van der Waals surface area contributed by atoms with Crippen LogP contribution in [0.25, 0.3) is 0 Å². The smallest absolute Gasteiger partial charge is 0.191 e. The maximum Gasteiger partial charge on any atom is 0.191 e. The van der Waals surface area contributed by atoms with Gasteiger partial charge in [0.15, 0.2) is 5.96 Å². The summed E-state index contributed by atoms with van der Waals surface area (Å²) in [4.78, 5) is 9.10. The maximum absolute atomic E-state index is 6.09. The van der Waals surface area contributed by atoms with Gasteiger partial charge >= 0.3 is 0 Å². The third-order valence-corrected chi connectivity index (χ3v) is 5.10. The minimum absolute atomic E-state index is 0.271. The summed E-state index contributed by atoms with van der Waals surface area (Å²) in [5.41, 5.74) is 8.63. The number of rotatable bonds is 6. The standard InChI is InChI=1S/C16H25BrN4/c1-4-20(5-2)8-9-21-15(11-19-16(21)18)13-6-7-14(17)12(3)10-13/h6-7,10,15H,4-5,8-9,11H2,1-3H3,(H2,18,19). The molecule has 0 spiro atoms. The van der Waals surface area contributed by atoms with Crippen molar-refractivity contribution in [2.45, 2.75) is 26.8 Å². The van der Waals surface area contributed by atoms with Gasteiger partial charge in [0.25, 0.3) is 0 Å². The number of nitrogens with two attached hydrogens (primary N) is 1. The Morgan fingerprint density at radius 2 is 2.10 bits per heavy atom. The third-order valence-electron chi connectivity index (χ3n) is 4.22. The zero-order valence-corrected chi connectivity index (χ0v) is 14.7. The van der Waals surface area contributed by atoms with Gasteiger partial charge in [0, 0.05) is 17.6 Å². The Labute approximate surface area is 136 Å². The highest BCUT2D eigenvalue weighted by Gasteiger charge is 2.27. The molecule has 116 valence electrons. The quantitative estimate of drug-likeness (QED) is 0.855. The number of likely N-dealkylation sites (N-methyl/N-ethyl adjacent to an activating group) is 1. The second kappa shape index (κ2) is 7.27. The van der Waals surface area contributed by atoms with Crippen LogP contribution in [-0.4, -0.2) is 48.5 Å². The van der Waals surface area contributed by atoms with Crippen molar-refractivity contribution in [1.29, 1.82) is 0 Å². The average Bonchev–Trinajstić information content (AvgIpc) is 2.84. The number of aryl methyl sites for hydroxylation is 1. The third kappa shape index (κ3) is 3.77. The summed E-state index contributed by atoms with van der Waals surface area (Å²) in [7, 11) is 0. The molecule has 0 saturated heterocycles. The first-order valence-corrected chi connectivity index (χ1v) is 8.41. The number of halogens is 1. The molecule has 1 heterocycles. The Morgan fingerprint density at radius 3 is 2.71 bits per heavy atom. The summed E-state index contributed by atoms with van der Waals surface area (Å²) < 4.78 is 1.15. The monoisotopic (exact) mass is 352 g/mol. The van der Waals surface area contributed by atoms with Gasteiger partial charge in [-0.05, 0) is 37.2 Å². The molecule has 2 N–H and O–H groups in total. The first-order valence-electron chi connectivity index (χ1n) is 7.61. The number of hydrogen-bond acceptors (Lipinski definition) is 4. The molecule has 0 amide bonds. The molecule has 5 heteroatoms. The molecule has 0 aromatic heterocycles. The van der Waals surface area contributed by atoms with Crippen LogP contribution in [0, 0.1) is 6.92 Å². The van der Waals surface area contributed by atoms with Crippen LogP contribution in [0.3, 0.4) is 0 Å². The number of benzene rings is 1. The highest BCUT2D eigenvalue weighted by molar-refractivity contribution is 9.10. The molecule has 1 aromatic carbocycles. The highest BCUT2D eigenvalue weighted by Crippen LogP contribution is 2.28. The van der Waals surface area contributed by atoms with E-state index in [4.69, 9.17) is 5.73 Å². The van der Waals surface area contributed by atoms with Gasteiger partial charge in [0.05, 0.1) is 12.6 Å². The van der Waals surface area contributed by atoms with E-state index in [0.29, 0.717) is 5.96 Å². The summed E-state index contributed by atoms with van der Waals surface area (Å²) >= 11 is 3.56. The lowest BCUT2D eigenvalue weighted by Crippen LogP contribution is -2.41. The maximum atomic E-state index is 6.09. The molecule has 21 heavy (non-hydrogen) atoms. The van der Waals surface area contributed by atoms with Gasteiger partial charge in [-0.1, -0.05) is 41.9 Å². The van der Waals surface area contributed by atoms with Gasteiger partial charge in [-0.15, -0.1) is 0 Å². The molecule has 2 rings (SSSR count). The Hall–Kier alpha value is -1.07. The first-order chi connectivity index (χ1) is 10.1. The van der Waals surface area contributed by atoms with Gasteiger partial charge in [-0.2, -0.15) is 0 Å². The van der Waals surface area contributed by atoms with E-state index in [9.17, 15) is 0 Å². The second-order valence-electron chi connectivity index (χ2n) is 5.44. The van der Waals surface area contributed by atoms with E-state index in [0.717, 1.165) is 37.2 Å². The summed E-state index contributed by atoms with van der Waals surface area (Å²) in [5, 5.41) is 0. The van der Waals surface area contributed by atoms with Crippen LogP contribution in [0.1, 0.15) is 31.0 Å². The Bertz CT molecular complexity index is 511. The molecule has 1 aromatic rings. The summed E-state index contributed by atoms with van der Waals surface area (Å²) in [6.07, 6.45) is 0. The minimum atomic E-state index is 0.271. The number of nitrogens with zero attached hydrogens (tertiary/aromatic N) is 3. The van der Waals surface area contributed by atoms with E-state index in [1.165, 1.54) is 11.1 Å². The molecular formula is C16H25BrN4. The molecule has 0 saturated carbocycles. The van der Waals surface area contributed by atoms with Crippen LogP contribution >= 0.6 is 15.9 Å². The highest BCUT2D eigenvalue weighted by atomic mass is 79.9. The van der Waals surface area contributed by atoms with E-state index in [1.807, 2.05) is 0 Å². The molecule has 1 unspecified atom stereocenters. The van der Waals surface area contributed by atoms with E-state index in [1.54, 1.807) is 0 Å². The molecule has 0 radical (unpaired) electrons. The van der Waals surface area contributed by atoms with Crippen molar-refractivity contribution in [3.05, 3.63) is 33.8 Å². The second-order valence-corrected chi connectivity index (χ2v) is 6.30. The van der Waals surface area contributed by atoms with E-state index >= 15 is 0 Å². The van der Waals surface area contributed by atoms with Crippen LogP contribution in [-0.2, 0) is 0 Å². The lowest BCUT2D eigenvalue weighted by Gasteiger charge is -2.29. The van der Waals surface area contributed by atoms with Crippen molar-refractivity contribution < 1.29 is 0 Å². The molecular weight excluding hydrogens is 328 g/mol. The fourth-order valence-corrected chi connectivity index (χ4v) is 3.00. The van der Waals surface area contributed by atoms with Crippen molar-refractivity contribution in [3.8, 4) is 0 Å². The van der Waals surface area contributed by atoms with Gasteiger partial charge in [0.2, 0.25) is 0 Å². The molecule has 0 aliphatic carbocycles. The van der Waals surface area contributed by atoms with Gasteiger partial charge in [-0.3, -0.25) is 4.99 Å². The van der Waals surface area contributed by atoms with Crippen molar-refractivity contribution in [3.63, 3.8) is 0 Å². The topological polar surface area (TPSA) is 44.9 Å². The number of guanidine groups is 1. The van der Waals surface area contributed by atoms with Crippen LogP contribution in [0.4, 0.5) is 0 Å². The molecule has 0 bridgehead atoms. The Morgan fingerprint density at radius 1 is 1.38 bits per heavy atom. The normalized spacial score (nSPS) is 18.4. The predicted molar refractivity (Wildman–Crippen MR) is 92.6 cm³/mol. The van der Waals surface area contributed by atoms with E-state index in [2.05, 4.69) is 69.7 Å². The van der Waals surface area contributed by atoms with Crippen molar-refractivity contribution >= 4 is 21.9 Å². The zero-order chi connectivity index (χ0) is 15.4. The zero-order valence-electron chi connectivity index (χ0n) is 13.1. The van der Waals surface area contributed by atoms with Crippen LogP contribution < -0.4 is 5.73 Å². The summed E-state index contributed by atoms with van der Waals surface area (Å²) in [6, 6.07) is 6.78. The van der Waals surface area contributed by atoms with Crippen LogP contribution in [0.5, 0.6) is 0 Å². The van der Waals surface area contributed by atoms with Gasteiger partial charge in [0.1, 0.15) is 0 Å². The van der Waals surface area contributed by atoms with Gasteiger partial charge < -0.3 is 15.5 Å². The summed E-state index contributed by atoms with van der Waals surface area (Å²) in [5.74, 6) is 0.674. The van der Waals surface area contributed by atoms with E-state index < -0.39 is 0 Å². The molecule has 4 nitrogen and oxygen atoms in total. The fraction of sp³-hybridized carbons (Fsp3) is 0.562. The first kappa shape index (κ1) is 16.3. The number of hydrogen-bond donors (Lipinski definition) is 1. The minimum Gasteiger partial charge on any atom is -0.370 e. The van der Waals surface area contributed by atoms with Crippen molar-refractivity contribution in [2.75, 3.05) is 32.7 Å². The van der Waals surface area contributed by atoms with Crippen molar-refractivity contribution in [1.82, 2.24) is 9.80 Å². The van der Waals surface area contributed by atoms with Gasteiger partial charge in [-0.25, -0.2) is 0 Å². The average molecular weight is 353 g/mol. The summed E-state index contributed by atoms with van der Waals surface area (Å²) in [6.45, 7) is 11.4. The SMILES string of the molecule is CCN(CC)CCN1C(N)=NCC1c1ccc(Br)c(C)c1. The Kier molecular flexibility index (Phi) is 5.65. The molecule has 1 aliphatic rings. The lowest BCUT2D eigenvalue weighted by atomic mass is 10.0. The fourth-order valence-electron chi connectivity index (χ4n) is 2.75. The largest absolute Gasteiger partial charge is 0.370 e. The van der Waals surface area contributed by atoms with Crippen molar-refractivity contribution in [2.24, 2.45) is 10.7 Å². The van der Waals surface area contributed by atoms with Crippen LogP contribution in [0.15, 0.2) is 27.7 Å². The molecule has 1 atom stereocenters. The molecule has 0 fully saturated rings. The Balaban J connectivity index is 2.10. The van der Waals surface area contributed by atoms with Crippen LogP contribution in [0.2, 0.25) is 0 Å². The van der Waals surface area contributed by atoms with E-state index in [-0.39, 0.29) is 6.04 Å². The number of aliphatic imine (C=N–C) groups is 1. The molecule has 1 aliphatic heterocycles.